The van der Waals surface area contributed by atoms with Gasteiger partial charge in [0.05, 0.1) is 0 Å². The maximum Gasteiger partial charge on any atom is 0.160 e. The van der Waals surface area contributed by atoms with Gasteiger partial charge in [-0.15, -0.1) is 11.6 Å². The van der Waals surface area contributed by atoms with Gasteiger partial charge in [0, 0.05) is 24.5 Å². The molecule has 114 valence electrons. The minimum Gasteiger partial charge on any atom is -0.312 e. The minimum atomic E-state index is 0.367. The number of halogens is 1. The van der Waals surface area contributed by atoms with E-state index in [0.29, 0.717) is 22.6 Å². The SMILES string of the molecule is Cc1ccc2nc(CCCl)n(CC3C(C)(C)C3(C)C)c2n1. The molecule has 3 nitrogen and oxygen atoms in total. The molecule has 2 aromatic rings. The molecule has 1 fully saturated rings. The van der Waals surface area contributed by atoms with E-state index in [1.807, 2.05) is 13.0 Å². The van der Waals surface area contributed by atoms with E-state index in [1.54, 1.807) is 0 Å². The molecule has 0 aromatic carbocycles. The van der Waals surface area contributed by atoms with Crippen LogP contribution in [0.5, 0.6) is 0 Å². The van der Waals surface area contributed by atoms with Crippen LogP contribution in [-0.2, 0) is 13.0 Å². The standard InChI is InChI=1S/C17H24ClN3/c1-11-6-7-12-15(19-11)21(14(20-12)8-9-18)10-13-16(2,3)17(13,4)5/h6-7,13H,8-10H2,1-5H3. The molecule has 0 N–H and O–H groups in total. The molecule has 1 aliphatic rings. The second-order valence-corrected chi connectivity index (χ2v) is 7.75. The number of alkyl halides is 1. The number of pyridine rings is 1. The predicted molar refractivity (Wildman–Crippen MR) is 87.7 cm³/mol. The normalized spacial score (nSPS) is 20.1. The Morgan fingerprint density at radius 3 is 2.38 bits per heavy atom. The summed E-state index contributed by atoms with van der Waals surface area (Å²) >= 11 is 5.96. The van der Waals surface area contributed by atoms with Crippen molar-refractivity contribution in [2.75, 3.05) is 5.88 Å². The van der Waals surface area contributed by atoms with E-state index in [1.165, 1.54) is 0 Å². The maximum absolute atomic E-state index is 5.96. The molecule has 0 bridgehead atoms. The van der Waals surface area contributed by atoms with Crippen molar-refractivity contribution in [2.45, 2.75) is 47.6 Å². The molecule has 2 aromatic heterocycles. The van der Waals surface area contributed by atoms with Crippen LogP contribution < -0.4 is 0 Å². The summed E-state index contributed by atoms with van der Waals surface area (Å²) in [6, 6.07) is 4.09. The number of hydrogen-bond donors (Lipinski definition) is 0. The highest BCUT2D eigenvalue weighted by Crippen LogP contribution is 2.69. The molecule has 0 aliphatic heterocycles. The van der Waals surface area contributed by atoms with E-state index in [4.69, 9.17) is 21.6 Å². The zero-order chi connectivity index (χ0) is 15.4. The molecule has 0 spiro atoms. The van der Waals surface area contributed by atoms with E-state index in [2.05, 4.69) is 38.3 Å². The van der Waals surface area contributed by atoms with Gasteiger partial charge < -0.3 is 4.57 Å². The van der Waals surface area contributed by atoms with Gasteiger partial charge in [-0.1, -0.05) is 27.7 Å². The van der Waals surface area contributed by atoms with Crippen LogP contribution >= 0.6 is 11.6 Å². The Morgan fingerprint density at radius 1 is 1.14 bits per heavy atom. The van der Waals surface area contributed by atoms with Gasteiger partial charge in [-0.25, -0.2) is 9.97 Å². The van der Waals surface area contributed by atoms with Crippen molar-refractivity contribution < 1.29 is 0 Å². The third-order valence-electron chi connectivity index (χ3n) is 5.81. The first-order valence-corrected chi connectivity index (χ1v) is 8.21. The largest absolute Gasteiger partial charge is 0.312 e. The third kappa shape index (κ3) is 2.17. The van der Waals surface area contributed by atoms with Crippen LogP contribution in [0, 0.1) is 23.7 Å². The van der Waals surface area contributed by atoms with Crippen molar-refractivity contribution >= 4 is 22.8 Å². The maximum atomic E-state index is 5.96. The molecule has 2 heterocycles. The summed E-state index contributed by atoms with van der Waals surface area (Å²) in [5.41, 5.74) is 3.76. The van der Waals surface area contributed by atoms with Gasteiger partial charge in [0.1, 0.15) is 11.3 Å². The lowest BCUT2D eigenvalue weighted by Crippen LogP contribution is -2.10. The first-order chi connectivity index (χ1) is 9.79. The average Bonchev–Trinajstić information content (AvgIpc) is 2.69. The molecule has 1 saturated carbocycles. The van der Waals surface area contributed by atoms with Gasteiger partial charge in [0.2, 0.25) is 0 Å². The molecule has 21 heavy (non-hydrogen) atoms. The number of imidazole rings is 1. The molecule has 3 rings (SSSR count). The summed E-state index contributed by atoms with van der Waals surface area (Å²) in [6.07, 6.45) is 0.796. The van der Waals surface area contributed by atoms with E-state index in [9.17, 15) is 0 Å². The fraction of sp³-hybridized carbons (Fsp3) is 0.647. The molecular formula is C17H24ClN3. The van der Waals surface area contributed by atoms with Crippen LogP contribution in [0.3, 0.4) is 0 Å². The fourth-order valence-electron chi connectivity index (χ4n) is 3.58. The Kier molecular flexibility index (Phi) is 3.32. The molecule has 0 saturated heterocycles. The summed E-state index contributed by atoms with van der Waals surface area (Å²) in [4.78, 5) is 9.45. The summed E-state index contributed by atoms with van der Waals surface area (Å²) in [5, 5.41) is 0. The minimum absolute atomic E-state index is 0.367. The topological polar surface area (TPSA) is 30.7 Å². The summed E-state index contributed by atoms with van der Waals surface area (Å²) in [6.45, 7) is 12.4. The van der Waals surface area contributed by atoms with Gasteiger partial charge in [-0.3, -0.25) is 0 Å². The Bertz CT molecular complexity index is 671. The van der Waals surface area contributed by atoms with Crippen molar-refractivity contribution in [3.63, 3.8) is 0 Å². The molecule has 0 atom stereocenters. The van der Waals surface area contributed by atoms with E-state index in [0.717, 1.165) is 35.6 Å². The number of aromatic nitrogens is 3. The Hall–Kier alpha value is -1.09. The third-order valence-corrected chi connectivity index (χ3v) is 6.00. The lowest BCUT2D eigenvalue weighted by Gasteiger charge is -2.09. The summed E-state index contributed by atoms with van der Waals surface area (Å²) in [7, 11) is 0. The quantitative estimate of drug-likeness (QED) is 0.792. The van der Waals surface area contributed by atoms with Crippen LogP contribution in [0.4, 0.5) is 0 Å². The van der Waals surface area contributed by atoms with Crippen molar-refractivity contribution in [1.82, 2.24) is 14.5 Å². The number of aryl methyl sites for hydroxylation is 2. The number of fused-ring (bicyclic) bond motifs is 1. The van der Waals surface area contributed by atoms with Crippen molar-refractivity contribution in [1.29, 1.82) is 0 Å². The summed E-state index contributed by atoms with van der Waals surface area (Å²) < 4.78 is 2.30. The van der Waals surface area contributed by atoms with Gasteiger partial charge >= 0.3 is 0 Å². The molecule has 0 radical (unpaired) electrons. The highest BCUT2D eigenvalue weighted by Gasteiger charge is 2.64. The monoisotopic (exact) mass is 305 g/mol. The lowest BCUT2D eigenvalue weighted by molar-refractivity contribution is 0.457. The van der Waals surface area contributed by atoms with Gasteiger partial charge in [0.15, 0.2) is 5.65 Å². The van der Waals surface area contributed by atoms with Crippen molar-refractivity contribution in [3.8, 4) is 0 Å². The van der Waals surface area contributed by atoms with Crippen molar-refractivity contribution in [2.24, 2.45) is 16.7 Å². The zero-order valence-corrected chi connectivity index (χ0v) is 14.3. The van der Waals surface area contributed by atoms with Gasteiger partial charge in [0.25, 0.3) is 0 Å². The Labute approximate surface area is 131 Å². The highest BCUT2D eigenvalue weighted by molar-refractivity contribution is 6.17. The van der Waals surface area contributed by atoms with Crippen LogP contribution in [0.2, 0.25) is 0 Å². The zero-order valence-electron chi connectivity index (χ0n) is 13.6. The number of rotatable bonds is 4. The summed E-state index contributed by atoms with van der Waals surface area (Å²) in [5.74, 6) is 2.31. The Morgan fingerprint density at radius 2 is 1.81 bits per heavy atom. The van der Waals surface area contributed by atoms with Crippen LogP contribution in [0.15, 0.2) is 12.1 Å². The molecule has 4 heteroatoms. The van der Waals surface area contributed by atoms with Crippen LogP contribution in [0.25, 0.3) is 11.2 Å². The van der Waals surface area contributed by atoms with Gasteiger partial charge in [-0.2, -0.15) is 0 Å². The van der Waals surface area contributed by atoms with Crippen LogP contribution in [0.1, 0.15) is 39.2 Å². The van der Waals surface area contributed by atoms with E-state index >= 15 is 0 Å². The van der Waals surface area contributed by atoms with Crippen molar-refractivity contribution in [3.05, 3.63) is 23.7 Å². The second kappa shape index (κ2) is 4.70. The lowest BCUT2D eigenvalue weighted by atomic mass is 10.0. The van der Waals surface area contributed by atoms with Gasteiger partial charge in [-0.05, 0) is 35.8 Å². The number of nitrogens with zero attached hydrogens (tertiary/aromatic N) is 3. The number of hydrogen-bond acceptors (Lipinski definition) is 2. The molecule has 0 amide bonds. The fourth-order valence-corrected chi connectivity index (χ4v) is 3.75. The second-order valence-electron chi connectivity index (χ2n) is 7.37. The molecular weight excluding hydrogens is 282 g/mol. The first-order valence-electron chi connectivity index (χ1n) is 7.67. The predicted octanol–water partition coefficient (Wildman–Crippen LogP) is 4.20. The smallest absolute Gasteiger partial charge is 0.160 e. The molecule has 0 unspecified atom stereocenters. The van der Waals surface area contributed by atoms with Crippen LogP contribution in [-0.4, -0.2) is 20.4 Å². The Balaban J connectivity index is 2.04. The van der Waals surface area contributed by atoms with E-state index in [-0.39, 0.29) is 0 Å². The molecule has 1 aliphatic carbocycles. The average molecular weight is 306 g/mol. The first kappa shape index (κ1) is 14.8. The van der Waals surface area contributed by atoms with E-state index < -0.39 is 0 Å². The highest BCUT2D eigenvalue weighted by atomic mass is 35.5.